The van der Waals surface area contributed by atoms with E-state index in [4.69, 9.17) is 11.6 Å². The van der Waals surface area contributed by atoms with Crippen LogP contribution in [0.3, 0.4) is 0 Å². The van der Waals surface area contributed by atoms with E-state index in [1.165, 1.54) is 6.20 Å². The van der Waals surface area contributed by atoms with Gasteiger partial charge in [0.05, 0.1) is 22.5 Å². The van der Waals surface area contributed by atoms with Crippen LogP contribution in [-0.4, -0.2) is 15.9 Å². The molecular weight excluding hydrogens is 484 g/mol. The van der Waals surface area contributed by atoms with Crippen LogP contribution in [0.4, 0.5) is 22.7 Å². The Morgan fingerprint density at radius 3 is 2.57 bits per heavy atom. The number of pyridine rings is 2. The molecule has 3 N–H and O–H groups in total. The maximum atomic E-state index is 13.0. The highest BCUT2D eigenvalue weighted by atomic mass is 35.5. The first-order valence-corrected chi connectivity index (χ1v) is 11.9. The number of nitrogens with zero attached hydrogens (tertiary/aromatic N) is 3. The average molecular weight is 505 g/mol. The minimum absolute atomic E-state index is 0.262. The quantitative estimate of drug-likeness (QED) is 0.226. The minimum atomic E-state index is -0.262. The lowest BCUT2D eigenvalue weighted by molar-refractivity contribution is 0.102. The molecule has 5 rings (SSSR count). The standard InChI is InChI=1S/C29H21ClN6O/c30-22-9-4-10-23(12-22)35-27-21(15-31)18-34-28-25(27)13-24(33-17-19-6-5-11-32-16-19)14-26(28)36-29(37)20-7-2-1-3-8-20/h1-14,16,18,33H,17H2,(H,34,35)(H,36,37). The van der Waals surface area contributed by atoms with Gasteiger partial charge in [-0.05, 0) is 54.1 Å². The molecule has 0 radical (unpaired) electrons. The number of nitriles is 1. The molecule has 3 aromatic carbocycles. The SMILES string of the molecule is N#Cc1cnc2c(NC(=O)c3ccccc3)cc(NCc3cccnc3)cc2c1Nc1cccc(Cl)c1. The van der Waals surface area contributed by atoms with Crippen molar-refractivity contribution in [3.63, 3.8) is 0 Å². The van der Waals surface area contributed by atoms with Crippen molar-refractivity contribution >= 4 is 51.2 Å². The van der Waals surface area contributed by atoms with Crippen LogP contribution in [0, 0.1) is 11.3 Å². The van der Waals surface area contributed by atoms with Crippen molar-refractivity contribution in [1.29, 1.82) is 5.26 Å². The van der Waals surface area contributed by atoms with Crippen molar-refractivity contribution in [2.75, 3.05) is 16.0 Å². The van der Waals surface area contributed by atoms with Crippen molar-refractivity contribution in [1.82, 2.24) is 9.97 Å². The van der Waals surface area contributed by atoms with E-state index in [9.17, 15) is 10.1 Å². The topological polar surface area (TPSA) is 103 Å². The lowest BCUT2D eigenvalue weighted by atomic mass is 10.1. The fraction of sp³-hybridized carbons (Fsp3) is 0.0345. The molecule has 0 atom stereocenters. The molecule has 37 heavy (non-hydrogen) atoms. The van der Waals surface area contributed by atoms with Gasteiger partial charge in [-0.2, -0.15) is 5.26 Å². The summed E-state index contributed by atoms with van der Waals surface area (Å²) in [6, 6.07) is 26.0. The molecule has 0 saturated carbocycles. The van der Waals surface area contributed by atoms with Crippen molar-refractivity contribution in [3.8, 4) is 6.07 Å². The second-order valence-electron chi connectivity index (χ2n) is 8.25. The Kier molecular flexibility index (Phi) is 6.93. The van der Waals surface area contributed by atoms with Crippen molar-refractivity contribution in [3.05, 3.63) is 119 Å². The van der Waals surface area contributed by atoms with Crippen molar-refractivity contribution in [2.45, 2.75) is 6.54 Å². The fourth-order valence-corrected chi connectivity index (χ4v) is 4.11. The Labute approximate surface area is 218 Å². The number of hydrogen-bond acceptors (Lipinski definition) is 6. The predicted molar refractivity (Wildman–Crippen MR) is 147 cm³/mol. The van der Waals surface area contributed by atoms with E-state index in [1.54, 1.807) is 36.7 Å². The fourth-order valence-electron chi connectivity index (χ4n) is 3.92. The maximum absolute atomic E-state index is 13.0. The largest absolute Gasteiger partial charge is 0.381 e. The lowest BCUT2D eigenvalue weighted by Crippen LogP contribution is -2.13. The Morgan fingerprint density at radius 1 is 0.946 bits per heavy atom. The van der Waals surface area contributed by atoms with Crippen LogP contribution < -0.4 is 16.0 Å². The van der Waals surface area contributed by atoms with E-state index in [-0.39, 0.29) is 5.91 Å². The highest BCUT2D eigenvalue weighted by Crippen LogP contribution is 2.36. The van der Waals surface area contributed by atoms with Gasteiger partial charge in [-0.3, -0.25) is 14.8 Å². The molecule has 0 aliphatic heterocycles. The van der Waals surface area contributed by atoms with Gasteiger partial charge in [0.1, 0.15) is 6.07 Å². The van der Waals surface area contributed by atoms with Gasteiger partial charge >= 0.3 is 0 Å². The number of nitrogens with one attached hydrogen (secondary N) is 3. The molecule has 0 unspecified atom stereocenters. The summed E-state index contributed by atoms with van der Waals surface area (Å²) in [5, 5.41) is 20.8. The van der Waals surface area contributed by atoms with Gasteiger partial charge < -0.3 is 16.0 Å². The van der Waals surface area contributed by atoms with Gasteiger partial charge in [-0.15, -0.1) is 0 Å². The Bertz CT molecular complexity index is 1620. The van der Waals surface area contributed by atoms with Crippen LogP contribution in [0.2, 0.25) is 5.02 Å². The normalized spacial score (nSPS) is 10.5. The molecule has 5 aromatic rings. The predicted octanol–water partition coefficient (Wildman–Crippen LogP) is 6.76. The summed E-state index contributed by atoms with van der Waals surface area (Å²) >= 11 is 6.19. The summed E-state index contributed by atoms with van der Waals surface area (Å²) in [5.41, 5.74) is 4.96. The molecule has 2 aromatic heterocycles. The molecular formula is C29H21ClN6O. The summed E-state index contributed by atoms with van der Waals surface area (Å²) in [6.45, 7) is 0.522. The first-order valence-electron chi connectivity index (χ1n) is 11.5. The first kappa shape index (κ1) is 23.8. The second kappa shape index (κ2) is 10.8. The molecule has 8 heteroatoms. The Morgan fingerprint density at radius 2 is 1.81 bits per heavy atom. The molecule has 0 fully saturated rings. The van der Waals surface area contributed by atoms with E-state index in [1.807, 2.05) is 54.6 Å². The summed E-state index contributed by atoms with van der Waals surface area (Å²) in [7, 11) is 0. The molecule has 7 nitrogen and oxygen atoms in total. The lowest BCUT2D eigenvalue weighted by Gasteiger charge is -2.17. The second-order valence-corrected chi connectivity index (χ2v) is 8.69. The molecule has 0 aliphatic rings. The third-order valence-electron chi connectivity index (χ3n) is 5.69. The zero-order valence-electron chi connectivity index (χ0n) is 19.6. The average Bonchev–Trinajstić information content (AvgIpc) is 2.93. The van der Waals surface area contributed by atoms with E-state index < -0.39 is 0 Å². The monoisotopic (exact) mass is 504 g/mol. The van der Waals surface area contributed by atoms with E-state index in [2.05, 4.69) is 32.0 Å². The summed E-state index contributed by atoms with van der Waals surface area (Å²) < 4.78 is 0. The van der Waals surface area contributed by atoms with Gasteiger partial charge in [0.25, 0.3) is 5.91 Å². The number of carbonyl (C=O) groups excluding carboxylic acids is 1. The zero-order valence-corrected chi connectivity index (χ0v) is 20.3. The highest BCUT2D eigenvalue weighted by molar-refractivity contribution is 6.30. The molecule has 180 valence electrons. The van der Waals surface area contributed by atoms with Gasteiger partial charge in [-0.25, -0.2) is 0 Å². The third-order valence-corrected chi connectivity index (χ3v) is 5.92. The van der Waals surface area contributed by atoms with Crippen LogP contribution in [0.5, 0.6) is 0 Å². The van der Waals surface area contributed by atoms with E-state index in [0.717, 1.165) is 16.9 Å². The molecule has 0 saturated heterocycles. The molecule has 0 aliphatic carbocycles. The highest BCUT2D eigenvalue weighted by Gasteiger charge is 2.16. The number of carbonyl (C=O) groups is 1. The zero-order chi connectivity index (χ0) is 25.6. The number of anilines is 4. The van der Waals surface area contributed by atoms with Crippen LogP contribution in [0.1, 0.15) is 21.5 Å². The smallest absolute Gasteiger partial charge is 0.255 e. The maximum Gasteiger partial charge on any atom is 0.255 e. The molecule has 0 spiro atoms. The van der Waals surface area contributed by atoms with Gasteiger partial charge in [0, 0.05) is 52.5 Å². The van der Waals surface area contributed by atoms with Gasteiger partial charge in [0.15, 0.2) is 0 Å². The Hall–Kier alpha value is -4.93. The van der Waals surface area contributed by atoms with E-state index in [0.29, 0.717) is 45.0 Å². The number of rotatable bonds is 7. The Balaban J connectivity index is 1.61. The van der Waals surface area contributed by atoms with Gasteiger partial charge in [0.2, 0.25) is 0 Å². The minimum Gasteiger partial charge on any atom is -0.381 e. The number of fused-ring (bicyclic) bond motifs is 1. The van der Waals surface area contributed by atoms with Crippen LogP contribution in [-0.2, 0) is 6.54 Å². The summed E-state index contributed by atoms with van der Waals surface area (Å²) in [6.07, 6.45) is 5.00. The number of hydrogen-bond donors (Lipinski definition) is 3. The first-order chi connectivity index (χ1) is 18.1. The van der Waals surface area contributed by atoms with E-state index >= 15 is 0 Å². The number of benzene rings is 3. The third kappa shape index (κ3) is 5.50. The van der Waals surface area contributed by atoms with Crippen LogP contribution in [0.25, 0.3) is 10.9 Å². The molecule has 2 heterocycles. The number of amides is 1. The number of halogens is 1. The van der Waals surface area contributed by atoms with Crippen molar-refractivity contribution in [2.24, 2.45) is 0 Å². The summed E-state index contributed by atoms with van der Waals surface area (Å²) in [4.78, 5) is 21.7. The summed E-state index contributed by atoms with van der Waals surface area (Å²) in [5.74, 6) is -0.262. The molecule has 0 bridgehead atoms. The molecule has 1 amide bonds. The van der Waals surface area contributed by atoms with Crippen LogP contribution in [0.15, 0.2) is 97.5 Å². The van der Waals surface area contributed by atoms with Crippen molar-refractivity contribution < 1.29 is 4.79 Å². The number of aromatic nitrogens is 2. The van der Waals surface area contributed by atoms with Crippen LogP contribution >= 0.6 is 11.6 Å². The van der Waals surface area contributed by atoms with Gasteiger partial charge in [-0.1, -0.05) is 41.9 Å².